The smallest absolute Gasteiger partial charge is 0.264 e. The molecular weight excluding hydrogens is 296 g/mol. The third kappa shape index (κ3) is 5.41. The van der Waals surface area contributed by atoms with E-state index < -0.39 is 0 Å². The summed E-state index contributed by atoms with van der Waals surface area (Å²) < 4.78 is 10.4. The fourth-order valence-corrected chi connectivity index (χ4v) is 1.53. The van der Waals surface area contributed by atoms with Gasteiger partial charge in [-0.1, -0.05) is 5.16 Å². The first kappa shape index (κ1) is 16.9. The van der Waals surface area contributed by atoms with E-state index in [0.29, 0.717) is 36.1 Å². The van der Waals surface area contributed by atoms with Crippen molar-refractivity contribution < 1.29 is 14.1 Å². The van der Waals surface area contributed by atoms with Gasteiger partial charge in [0.2, 0.25) is 5.91 Å². The number of rotatable bonds is 6. The van der Waals surface area contributed by atoms with Gasteiger partial charge in [0.15, 0.2) is 12.4 Å². The number of nitrogens with one attached hydrogen (secondary N) is 1. The third-order valence-electron chi connectivity index (χ3n) is 2.44. The number of aryl methyl sites for hydroxylation is 1. The summed E-state index contributed by atoms with van der Waals surface area (Å²) in [6.07, 6.45) is 0.300. The van der Waals surface area contributed by atoms with Crippen LogP contribution in [-0.4, -0.2) is 22.6 Å². The monoisotopic (exact) mass is 312 g/mol. The Morgan fingerprint density at radius 1 is 1.38 bits per heavy atom. The van der Waals surface area contributed by atoms with Gasteiger partial charge in [-0.15, -0.1) is 12.4 Å². The van der Waals surface area contributed by atoms with Gasteiger partial charge in [0.1, 0.15) is 5.75 Å². The average molecular weight is 313 g/mol. The highest BCUT2D eigenvalue weighted by Crippen LogP contribution is 2.16. The fraction of sp³-hybridized carbons (Fsp3) is 0.308. The lowest BCUT2D eigenvalue weighted by molar-refractivity contribution is -0.116. The molecule has 0 radical (unpaired) electrons. The Morgan fingerprint density at radius 3 is 2.67 bits per heavy atom. The van der Waals surface area contributed by atoms with Crippen molar-refractivity contribution in [2.75, 3.05) is 11.9 Å². The molecule has 8 heteroatoms. The lowest BCUT2D eigenvalue weighted by atomic mass is 10.3. The Morgan fingerprint density at radius 2 is 2.10 bits per heavy atom. The van der Waals surface area contributed by atoms with E-state index in [0.717, 1.165) is 0 Å². The predicted octanol–water partition coefficient (Wildman–Crippen LogP) is 1.67. The second-order valence-corrected chi connectivity index (χ2v) is 4.14. The maximum atomic E-state index is 11.4. The third-order valence-corrected chi connectivity index (χ3v) is 2.44. The Kier molecular flexibility index (Phi) is 6.64. The molecule has 114 valence electrons. The second kappa shape index (κ2) is 8.23. The van der Waals surface area contributed by atoms with Crippen LogP contribution in [0.1, 0.15) is 18.1 Å². The number of carbonyl (C=O) groups excluding carboxylic acids is 1. The molecule has 7 nitrogen and oxygen atoms in total. The molecule has 0 spiro atoms. The molecule has 0 fully saturated rings. The highest BCUT2D eigenvalue weighted by Gasteiger charge is 2.04. The first-order valence-corrected chi connectivity index (χ1v) is 6.19. The van der Waals surface area contributed by atoms with E-state index in [-0.39, 0.29) is 24.9 Å². The maximum Gasteiger partial charge on any atom is 0.264 e. The number of amides is 1. The van der Waals surface area contributed by atoms with Crippen molar-refractivity contribution in [2.45, 2.75) is 20.0 Å². The van der Waals surface area contributed by atoms with Gasteiger partial charge in [0, 0.05) is 18.7 Å². The number of hydrogen-bond donors (Lipinski definition) is 2. The molecule has 0 aliphatic heterocycles. The number of benzene rings is 1. The summed E-state index contributed by atoms with van der Waals surface area (Å²) in [6, 6.07) is 7.01. The molecule has 21 heavy (non-hydrogen) atoms. The van der Waals surface area contributed by atoms with E-state index in [2.05, 4.69) is 15.5 Å². The Balaban J connectivity index is 0.00000220. The summed E-state index contributed by atoms with van der Waals surface area (Å²) in [5.74, 6) is 1.53. The topological polar surface area (TPSA) is 103 Å². The molecule has 2 aromatic rings. The molecule has 2 rings (SSSR count). The summed E-state index contributed by atoms with van der Waals surface area (Å²) in [7, 11) is 0. The highest BCUT2D eigenvalue weighted by molar-refractivity contribution is 5.90. The minimum Gasteiger partial charge on any atom is -0.484 e. The van der Waals surface area contributed by atoms with Gasteiger partial charge in [0.05, 0.1) is 0 Å². The number of nitrogens with two attached hydrogens (primary N) is 1. The standard InChI is InChI=1S/C13H16N4O3.ClH/c1-9-15-13(20-17-9)8-19-11-4-2-10(3-5-11)16-12(18)6-7-14;/h2-5H,6-8,14H2,1H3,(H,16,18);1H. The van der Waals surface area contributed by atoms with Crippen molar-refractivity contribution in [2.24, 2.45) is 5.73 Å². The Labute approximate surface area is 128 Å². The van der Waals surface area contributed by atoms with Crippen molar-refractivity contribution >= 4 is 24.0 Å². The molecule has 0 aliphatic carbocycles. The normalized spacial score (nSPS) is 9.81. The zero-order valence-electron chi connectivity index (χ0n) is 11.5. The number of halogens is 1. The van der Waals surface area contributed by atoms with Gasteiger partial charge in [-0.25, -0.2) is 0 Å². The molecule has 3 N–H and O–H groups in total. The van der Waals surface area contributed by atoms with Crippen LogP contribution in [0.4, 0.5) is 5.69 Å². The Hall–Kier alpha value is -2.12. The molecule has 0 unspecified atom stereocenters. The molecule has 1 amide bonds. The summed E-state index contributed by atoms with van der Waals surface area (Å²) in [6.45, 7) is 2.28. The van der Waals surface area contributed by atoms with Gasteiger partial charge in [-0.2, -0.15) is 4.98 Å². The number of nitrogens with zero attached hydrogens (tertiary/aromatic N) is 2. The molecule has 1 aromatic heterocycles. The van der Waals surface area contributed by atoms with Crippen molar-refractivity contribution in [3.8, 4) is 5.75 Å². The molecular formula is C13H17ClN4O3. The van der Waals surface area contributed by atoms with E-state index >= 15 is 0 Å². The minimum atomic E-state index is -0.109. The van der Waals surface area contributed by atoms with E-state index in [4.69, 9.17) is 15.0 Å². The van der Waals surface area contributed by atoms with Crippen molar-refractivity contribution in [3.05, 3.63) is 36.0 Å². The maximum absolute atomic E-state index is 11.4. The average Bonchev–Trinajstić information content (AvgIpc) is 2.84. The van der Waals surface area contributed by atoms with Crippen LogP contribution in [-0.2, 0) is 11.4 Å². The van der Waals surface area contributed by atoms with Crippen LogP contribution in [0.2, 0.25) is 0 Å². The van der Waals surface area contributed by atoms with Crippen molar-refractivity contribution in [3.63, 3.8) is 0 Å². The van der Waals surface area contributed by atoms with Crippen LogP contribution in [0.15, 0.2) is 28.8 Å². The lowest BCUT2D eigenvalue weighted by Gasteiger charge is -2.06. The van der Waals surface area contributed by atoms with E-state index in [1.807, 2.05) is 0 Å². The zero-order valence-corrected chi connectivity index (χ0v) is 12.4. The largest absolute Gasteiger partial charge is 0.484 e. The molecule has 0 bridgehead atoms. The zero-order chi connectivity index (χ0) is 14.4. The van der Waals surface area contributed by atoms with Gasteiger partial charge >= 0.3 is 0 Å². The van der Waals surface area contributed by atoms with Crippen molar-refractivity contribution in [1.82, 2.24) is 10.1 Å². The van der Waals surface area contributed by atoms with Gasteiger partial charge in [-0.3, -0.25) is 4.79 Å². The van der Waals surface area contributed by atoms with Crippen LogP contribution in [0.3, 0.4) is 0 Å². The molecule has 0 saturated heterocycles. The fourth-order valence-electron chi connectivity index (χ4n) is 1.53. The van der Waals surface area contributed by atoms with Crippen LogP contribution >= 0.6 is 12.4 Å². The second-order valence-electron chi connectivity index (χ2n) is 4.14. The molecule has 0 saturated carbocycles. The predicted molar refractivity (Wildman–Crippen MR) is 79.4 cm³/mol. The highest BCUT2D eigenvalue weighted by atomic mass is 35.5. The number of ether oxygens (including phenoxy) is 1. The van der Waals surface area contributed by atoms with E-state index in [1.54, 1.807) is 31.2 Å². The number of carbonyl (C=O) groups is 1. The van der Waals surface area contributed by atoms with Gasteiger partial charge < -0.3 is 20.3 Å². The van der Waals surface area contributed by atoms with Crippen LogP contribution in [0.5, 0.6) is 5.75 Å². The van der Waals surface area contributed by atoms with Crippen LogP contribution in [0.25, 0.3) is 0 Å². The SMILES string of the molecule is Cc1noc(COc2ccc(NC(=O)CCN)cc2)n1.Cl. The van der Waals surface area contributed by atoms with Gasteiger partial charge in [-0.05, 0) is 31.2 Å². The number of aromatic nitrogens is 2. The number of anilines is 1. The van der Waals surface area contributed by atoms with Crippen LogP contribution in [0, 0.1) is 6.92 Å². The van der Waals surface area contributed by atoms with Crippen LogP contribution < -0.4 is 15.8 Å². The summed E-state index contributed by atoms with van der Waals surface area (Å²) in [5, 5.41) is 6.40. The number of hydrogen-bond acceptors (Lipinski definition) is 6. The summed E-state index contributed by atoms with van der Waals surface area (Å²) in [5.41, 5.74) is 6.00. The molecule has 1 heterocycles. The lowest BCUT2D eigenvalue weighted by Crippen LogP contribution is -2.16. The molecule has 1 aromatic carbocycles. The van der Waals surface area contributed by atoms with Gasteiger partial charge in [0.25, 0.3) is 5.89 Å². The van der Waals surface area contributed by atoms with E-state index in [9.17, 15) is 4.79 Å². The Bertz CT molecular complexity index is 571. The summed E-state index contributed by atoms with van der Waals surface area (Å²) >= 11 is 0. The molecule has 0 aliphatic rings. The first-order chi connectivity index (χ1) is 9.67. The summed E-state index contributed by atoms with van der Waals surface area (Å²) in [4.78, 5) is 15.4. The molecule has 0 atom stereocenters. The van der Waals surface area contributed by atoms with E-state index in [1.165, 1.54) is 0 Å². The minimum absolute atomic E-state index is 0. The van der Waals surface area contributed by atoms with Crippen molar-refractivity contribution in [1.29, 1.82) is 0 Å². The quantitative estimate of drug-likeness (QED) is 0.841. The first-order valence-electron chi connectivity index (χ1n) is 6.19.